The number of nitrogens with one attached hydrogen (secondary N) is 1. The predicted octanol–water partition coefficient (Wildman–Crippen LogP) is 1.53. The number of hydrogen-bond acceptors (Lipinski definition) is 5. The normalized spacial score (nSPS) is 17.6. The van der Waals surface area contributed by atoms with E-state index in [1.807, 2.05) is 0 Å². The summed E-state index contributed by atoms with van der Waals surface area (Å²) in [6, 6.07) is 6.10. The van der Waals surface area contributed by atoms with Gasteiger partial charge in [0.25, 0.3) is 5.91 Å². The molecule has 1 saturated heterocycles. The van der Waals surface area contributed by atoms with E-state index in [0.717, 1.165) is 0 Å². The number of nitrogens with zero attached hydrogens (tertiary/aromatic N) is 2. The number of halogens is 1. The summed E-state index contributed by atoms with van der Waals surface area (Å²) in [6.07, 6.45) is 0.783. The number of benzene rings is 1. The van der Waals surface area contributed by atoms with Crippen LogP contribution in [0.2, 0.25) is 0 Å². The maximum Gasteiger partial charge on any atom is 0.257 e. The first-order valence-electron chi connectivity index (χ1n) is 8.41. The molecule has 1 aliphatic rings. The van der Waals surface area contributed by atoms with Crippen LogP contribution in [0, 0.1) is 12.7 Å². The van der Waals surface area contributed by atoms with Gasteiger partial charge in [0.05, 0.1) is 5.41 Å². The minimum Gasteiger partial charge on any atom is -0.382 e. The van der Waals surface area contributed by atoms with Crippen molar-refractivity contribution in [3.63, 3.8) is 0 Å². The molecule has 8 nitrogen and oxygen atoms in total. The Labute approximate surface area is 158 Å². The molecule has 3 rings (SSSR count). The van der Waals surface area contributed by atoms with Gasteiger partial charge in [-0.05, 0) is 31.4 Å². The molecule has 1 aromatic heterocycles. The number of aryl methyl sites for hydroxylation is 1. The van der Waals surface area contributed by atoms with Gasteiger partial charge in [0, 0.05) is 37.1 Å². The highest BCUT2D eigenvalue weighted by Crippen LogP contribution is 2.37. The van der Waals surface area contributed by atoms with Crippen LogP contribution in [0.25, 0.3) is 0 Å². The molecule has 1 unspecified atom stereocenters. The van der Waals surface area contributed by atoms with Crippen molar-refractivity contribution < 1.29 is 22.7 Å². The molecule has 0 radical (unpaired) electrons. The highest BCUT2D eigenvalue weighted by Gasteiger charge is 2.43. The van der Waals surface area contributed by atoms with Gasteiger partial charge in [-0.3, -0.25) is 9.35 Å². The zero-order valence-corrected chi connectivity index (χ0v) is 15.6. The van der Waals surface area contributed by atoms with Crippen molar-refractivity contribution in [3.05, 3.63) is 46.9 Å². The van der Waals surface area contributed by atoms with Crippen LogP contribution >= 0.6 is 0 Å². The summed E-state index contributed by atoms with van der Waals surface area (Å²) in [5.74, 6) is -0.588. The summed E-state index contributed by atoms with van der Waals surface area (Å²) >= 11 is -2.24. The average Bonchev–Trinajstić information content (AvgIpc) is 2.98. The van der Waals surface area contributed by atoms with Crippen molar-refractivity contribution in [3.8, 4) is 0 Å². The molecule has 0 aliphatic carbocycles. The molecular weight excluding hydrogens is 375 g/mol. The number of hydrogen-bond donors (Lipinski definition) is 3. The number of rotatable bonds is 5. The Balaban J connectivity index is 2.00. The Morgan fingerprint density at radius 1 is 1.44 bits per heavy atom. The van der Waals surface area contributed by atoms with Crippen molar-refractivity contribution in [2.75, 3.05) is 18.9 Å². The van der Waals surface area contributed by atoms with Gasteiger partial charge in [0.2, 0.25) is 11.3 Å². The molecule has 1 fully saturated rings. The minimum absolute atomic E-state index is 0.103. The van der Waals surface area contributed by atoms with Crippen molar-refractivity contribution in [1.29, 1.82) is 0 Å². The quantitative estimate of drug-likeness (QED) is 0.660. The molecule has 1 aliphatic heterocycles. The number of anilines is 1. The van der Waals surface area contributed by atoms with E-state index in [0.29, 0.717) is 37.3 Å². The molecule has 146 valence electrons. The summed E-state index contributed by atoms with van der Waals surface area (Å²) < 4.78 is 43.0. The van der Waals surface area contributed by atoms with E-state index in [2.05, 4.69) is 9.82 Å². The zero-order valence-electron chi connectivity index (χ0n) is 14.8. The molecule has 0 spiro atoms. The van der Waals surface area contributed by atoms with Gasteiger partial charge in [0.15, 0.2) is 0 Å². The van der Waals surface area contributed by atoms with Crippen molar-refractivity contribution in [2.24, 2.45) is 0 Å². The molecule has 10 heteroatoms. The van der Waals surface area contributed by atoms with Gasteiger partial charge in [-0.2, -0.15) is 0 Å². The van der Waals surface area contributed by atoms with Gasteiger partial charge in [-0.1, -0.05) is 12.1 Å². The number of aromatic nitrogens is 2. The Morgan fingerprint density at radius 3 is 2.70 bits per heavy atom. The summed E-state index contributed by atoms with van der Waals surface area (Å²) in [5.41, 5.74) is 6.09. The second-order valence-electron chi connectivity index (χ2n) is 6.50. The van der Waals surface area contributed by atoms with Crippen LogP contribution < -0.4 is 10.5 Å². The average molecular weight is 396 g/mol. The molecular formula is C17H21FN4O4S. The van der Waals surface area contributed by atoms with Gasteiger partial charge in [-0.15, -0.1) is 5.10 Å². The smallest absolute Gasteiger partial charge is 0.257 e. The fraction of sp³-hybridized carbons (Fsp3) is 0.412. The number of ether oxygens (including phenoxy) is 1. The maximum atomic E-state index is 14.6. The Kier molecular flexibility index (Phi) is 5.70. The SMILES string of the molecule is Cc1cc(N)nn1C(=O)C1(c2ccc(CNS(=O)O)c(F)c2)CCOCC1. The molecule has 2 heterocycles. The molecule has 0 saturated carbocycles. The van der Waals surface area contributed by atoms with Crippen molar-refractivity contribution in [2.45, 2.75) is 31.7 Å². The third-order valence-electron chi connectivity index (χ3n) is 4.85. The van der Waals surface area contributed by atoms with E-state index >= 15 is 0 Å². The third kappa shape index (κ3) is 3.93. The van der Waals surface area contributed by atoms with Crippen molar-refractivity contribution in [1.82, 2.24) is 14.5 Å². The van der Waals surface area contributed by atoms with E-state index in [1.165, 1.54) is 16.8 Å². The molecule has 1 atom stereocenters. The van der Waals surface area contributed by atoms with Crippen molar-refractivity contribution >= 4 is 23.0 Å². The molecule has 0 amide bonds. The lowest BCUT2D eigenvalue weighted by molar-refractivity contribution is 0.0353. The van der Waals surface area contributed by atoms with Crippen LogP contribution in [-0.4, -0.2) is 37.7 Å². The van der Waals surface area contributed by atoms with E-state index in [4.69, 9.17) is 15.0 Å². The lowest BCUT2D eigenvalue weighted by Crippen LogP contribution is -2.45. The number of carbonyl (C=O) groups is 1. The number of nitrogens with two attached hydrogens (primary N) is 1. The first-order valence-corrected chi connectivity index (χ1v) is 9.52. The van der Waals surface area contributed by atoms with Gasteiger partial charge in [-0.25, -0.2) is 18.0 Å². The predicted molar refractivity (Wildman–Crippen MR) is 97.7 cm³/mol. The topological polar surface area (TPSA) is 119 Å². The minimum atomic E-state index is -2.24. The maximum absolute atomic E-state index is 14.6. The molecule has 1 aromatic carbocycles. The van der Waals surface area contributed by atoms with E-state index in [-0.39, 0.29) is 23.8 Å². The lowest BCUT2D eigenvalue weighted by atomic mass is 9.73. The van der Waals surface area contributed by atoms with E-state index in [1.54, 1.807) is 19.1 Å². The first-order chi connectivity index (χ1) is 12.8. The molecule has 27 heavy (non-hydrogen) atoms. The second kappa shape index (κ2) is 7.85. The van der Waals surface area contributed by atoms with E-state index in [9.17, 15) is 13.4 Å². The zero-order chi connectivity index (χ0) is 19.6. The summed E-state index contributed by atoms with van der Waals surface area (Å²) in [5, 5.41) is 4.08. The Bertz CT molecular complexity index is 880. The number of nitrogen functional groups attached to an aromatic ring is 1. The summed E-state index contributed by atoms with van der Waals surface area (Å²) in [7, 11) is 0. The lowest BCUT2D eigenvalue weighted by Gasteiger charge is -2.36. The summed E-state index contributed by atoms with van der Waals surface area (Å²) in [6.45, 7) is 2.37. The fourth-order valence-corrected chi connectivity index (χ4v) is 3.66. The van der Waals surface area contributed by atoms with Crippen LogP contribution in [0.3, 0.4) is 0 Å². The Hall–Kier alpha value is -2.14. The van der Waals surface area contributed by atoms with Crippen LogP contribution in [0.1, 0.15) is 34.5 Å². The fourth-order valence-electron chi connectivity index (χ4n) is 3.38. The van der Waals surface area contributed by atoms with Crippen LogP contribution in [0.5, 0.6) is 0 Å². The number of carbonyl (C=O) groups excluding carboxylic acids is 1. The first kappa shape index (κ1) is 19.6. The highest BCUT2D eigenvalue weighted by atomic mass is 32.2. The molecule has 0 bridgehead atoms. The van der Waals surface area contributed by atoms with Crippen LogP contribution in [0.15, 0.2) is 24.3 Å². The third-order valence-corrected chi connectivity index (χ3v) is 5.24. The summed E-state index contributed by atoms with van der Waals surface area (Å²) in [4.78, 5) is 13.3. The highest BCUT2D eigenvalue weighted by molar-refractivity contribution is 7.77. The second-order valence-corrected chi connectivity index (χ2v) is 7.29. The van der Waals surface area contributed by atoms with E-state index < -0.39 is 22.5 Å². The monoisotopic (exact) mass is 396 g/mol. The molecule has 4 N–H and O–H groups in total. The van der Waals surface area contributed by atoms with Gasteiger partial charge >= 0.3 is 0 Å². The largest absolute Gasteiger partial charge is 0.382 e. The van der Waals surface area contributed by atoms with Gasteiger partial charge < -0.3 is 10.5 Å². The standard InChI is InChI=1S/C17H21FN4O4S/c1-11-8-15(19)21-22(11)16(23)17(4-6-26-7-5-17)13-3-2-12(14(18)9-13)10-20-27(24)25/h2-3,8-9,20H,4-7,10H2,1H3,(H2,19,21)(H,24,25). The van der Waals surface area contributed by atoms with Crippen LogP contribution in [-0.2, 0) is 28.0 Å². The van der Waals surface area contributed by atoms with Gasteiger partial charge in [0.1, 0.15) is 11.6 Å². The van der Waals surface area contributed by atoms with Crippen LogP contribution in [0.4, 0.5) is 10.2 Å². The molecule has 2 aromatic rings. The Morgan fingerprint density at radius 2 is 2.15 bits per heavy atom.